The molecular formula is C23H34N2O3. The first-order valence-electron chi connectivity index (χ1n) is 10.2. The van der Waals surface area contributed by atoms with Crippen LogP contribution in [0.3, 0.4) is 0 Å². The molecule has 1 amide bonds. The average molecular weight is 387 g/mol. The minimum Gasteiger partial charge on any atom is -0.491 e. The van der Waals surface area contributed by atoms with Crippen molar-refractivity contribution in [3.05, 3.63) is 30.5 Å². The van der Waals surface area contributed by atoms with Gasteiger partial charge in [0.1, 0.15) is 16.9 Å². The highest BCUT2D eigenvalue weighted by Gasteiger charge is 2.35. The fourth-order valence-corrected chi connectivity index (χ4v) is 3.21. The van der Waals surface area contributed by atoms with Gasteiger partial charge in [-0.3, -0.25) is 9.78 Å². The second-order valence-corrected chi connectivity index (χ2v) is 8.35. The molecule has 0 fully saturated rings. The monoisotopic (exact) mass is 386 g/mol. The Labute approximate surface area is 168 Å². The normalized spacial score (nSPS) is 13.7. The van der Waals surface area contributed by atoms with Gasteiger partial charge < -0.3 is 14.8 Å². The van der Waals surface area contributed by atoms with Crippen LogP contribution in [0.1, 0.15) is 54.4 Å². The number of ether oxygens (including phenoxy) is 2. The second-order valence-electron chi connectivity index (χ2n) is 8.35. The number of carbonyl (C=O) groups is 1. The van der Waals surface area contributed by atoms with E-state index in [1.54, 1.807) is 6.20 Å². The summed E-state index contributed by atoms with van der Waals surface area (Å²) in [7, 11) is 0. The van der Waals surface area contributed by atoms with Crippen LogP contribution in [0.25, 0.3) is 10.9 Å². The molecule has 1 aromatic heterocycles. The number of nitrogens with zero attached hydrogens (tertiary/aromatic N) is 1. The lowest BCUT2D eigenvalue weighted by atomic mass is 9.92. The summed E-state index contributed by atoms with van der Waals surface area (Å²) in [5, 5.41) is 3.93. The van der Waals surface area contributed by atoms with Crippen molar-refractivity contribution < 1.29 is 14.3 Å². The van der Waals surface area contributed by atoms with E-state index in [0.717, 1.165) is 28.8 Å². The lowest BCUT2D eigenvalue weighted by Crippen LogP contribution is -2.44. The van der Waals surface area contributed by atoms with Crippen molar-refractivity contribution in [1.29, 1.82) is 0 Å². The maximum atomic E-state index is 13.1. The summed E-state index contributed by atoms with van der Waals surface area (Å²) in [5.41, 5.74) is 0.604. The number of fused-ring (bicyclic) bond motifs is 1. The highest BCUT2D eigenvalue weighted by Crippen LogP contribution is 2.32. The number of nitrogens with one attached hydrogen (secondary N) is 1. The maximum absolute atomic E-state index is 13.1. The molecule has 0 aliphatic rings. The van der Waals surface area contributed by atoms with Crippen LogP contribution in [0, 0.1) is 11.8 Å². The van der Waals surface area contributed by atoms with E-state index in [-0.39, 0.29) is 5.91 Å². The summed E-state index contributed by atoms with van der Waals surface area (Å²) in [4.78, 5) is 17.6. The average Bonchev–Trinajstić information content (AvgIpc) is 2.65. The number of hydrogen-bond donors (Lipinski definition) is 1. The fourth-order valence-electron chi connectivity index (χ4n) is 3.21. The van der Waals surface area contributed by atoms with Gasteiger partial charge in [-0.2, -0.15) is 0 Å². The molecule has 2 rings (SSSR count). The van der Waals surface area contributed by atoms with Crippen LogP contribution in [0.2, 0.25) is 0 Å². The van der Waals surface area contributed by atoms with Crippen molar-refractivity contribution in [1.82, 2.24) is 4.98 Å². The number of hydrogen-bond acceptors (Lipinski definition) is 4. The molecular weight excluding hydrogens is 352 g/mol. The van der Waals surface area contributed by atoms with Crippen LogP contribution in [0.4, 0.5) is 5.69 Å². The summed E-state index contributed by atoms with van der Waals surface area (Å²) in [6, 6.07) is 7.57. The van der Waals surface area contributed by atoms with Crippen molar-refractivity contribution in [2.45, 2.75) is 60.0 Å². The van der Waals surface area contributed by atoms with E-state index >= 15 is 0 Å². The molecule has 0 saturated carbocycles. The fraction of sp³-hybridized carbons (Fsp3) is 0.565. The van der Waals surface area contributed by atoms with E-state index < -0.39 is 5.60 Å². The first-order valence-corrected chi connectivity index (χ1v) is 10.2. The summed E-state index contributed by atoms with van der Waals surface area (Å²) in [6.07, 6.45) is 3.27. The minimum atomic E-state index is -0.870. The molecule has 0 bridgehead atoms. The number of anilines is 1. The SMILES string of the molecule is CCCO[C@](C)(CC(C)C)C(=O)Nc1ccc(OCC(C)C)c2ncccc12. The standard InChI is InChI=1S/C23H34N2O3/c1-7-13-28-23(6,14-16(2)3)22(26)25-19-10-11-20(27-15-17(4)5)21-18(19)9-8-12-24-21/h8-12,16-17H,7,13-15H2,1-6H3,(H,25,26)/t23-/m1/s1. The maximum Gasteiger partial charge on any atom is 0.256 e. The molecule has 1 N–H and O–H groups in total. The Hall–Kier alpha value is -2.14. The lowest BCUT2D eigenvalue weighted by molar-refractivity contribution is -0.141. The number of rotatable bonds is 10. The Bertz CT molecular complexity index is 789. The van der Waals surface area contributed by atoms with Crippen molar-refractivity contribution in [2.24, 2.45) is 11.8 Å². The summed E-state index contributed by atoms with van der Waals surface area (Å²) in [6.45, 7) is 13.5. The molecule has 5 nitrogen and oxygen atoms in total. The Morgan fingerprint density at radius 2 is 1.93 bits per heavy atom. The number of pyridine rings is 1. The zero-order chi connectivity index (χ0) is 20.7. The van der Waals surface area contributed by atoms with Crippen LogP contribution in [0.5, 0.6) is 5.75 Å². The minimum absolute atomic E-state index is 0.129. The molecule has 28 heavy (non-hydrogen) atoms. The molecule has 5 heteroatoms. The van der Waals surface area contributed by atoms with E-state index in [4.69, 9.17) is 9.47 Å². The Balaban J connectivity index is 2.31. The topological polar surface area (TPSA) is 60.5 Å². The van der Waals surface area contributed by atoms with Gasteiger partial charge in [0.15, 0.2) is 0 Å². The van der Waals surface area contributed by atoms with Gasteiger partial charge in [-0.15, -0.1) is 0 Å². The first-order chi connectivity index (χ1) is 13.3. The number of carbonyl (C=O) groups excluding carboxylic acids is 1. The third-order valence-electron chi connectivity index (χ3n) is 4.46. The van der Waals surface area contributed by atoms with Gasteiger partial charge >= 0.3 is 0 Å². The lowest BCUT2D eigenvalue weighted by Gasteiger charge is -2.30. The van der Waals surface area contributed by atoms with Crippen molar-refractivity contribution >= 4 is 22.5 Å². The van der Waals surface area contributed by atoms with Crippen molar-refractivity contribution in [3.63, 3.8) is 0 Å². The molecule has 0 saturated heterocycles. The van der Waals surface area contributed by atoms with Crippen molar-refractivity contribution in [2.75, 3.05) is 18.5 Å². The number of benzene rings is 1. The quantitative estimate of drug-likeness (QED) is 0.591. The van der Waals surface area contributed by atoms with E-state index in [2.05, 4.69) is 38.0 Å². The van der Waals surface area contributed by atoms with Gasteiger partial charge in [-0.25, -0.2) is 0 Å². The zero-order valence-corrected chi connectivity index (χ0v) is 18.0. The van der Waals surface area contributed by atoms with Gasteiger partial charge in [-0.05, 0) is 55.9 Å². The smallest absolute Gasteiger partial charge is 0.256 e. The Morgan fingerprint density at radius 1 is 1.18 bits per heavy atom. The molecule has 0 aliphatic carbocycles. The number of amides is 1. The van der Waals surface area contributed by atoms with Crippen molar-refractivity contribution in [3.8, 4) is 5.75 Å². The molecule has 1 heterocycles. The largest absolute Gasteiger partial charge is 0.491 e. The zero-order valence-electron chi connectivity index (χ0n) is 18.0. The van der Waals surface area contributed by atoms with Gasteiger partial charge in [0.25, 0.3) is 5.91 Å². The van der Waals surface area contributed by atoms with Crippen LogP contribution in [-0.2, 0) is 9.53 Å². The molecule has 0 radical (unpaired) electrons. The third kappa shape index (κ3) is 5.68. The predicted molar refractivity (Wildman–Crippen MR) is 115 cm³/mol. The van der Waals surface area contributed by atoms with E-state index in [9.17, 15) is 4.79 Å². The van der Waals surface area contributed by atoms with Crippen LogP contribution < -0.4 is 10.1 Å². The molecule has 2 aromatic rings. The molecule has 0 aliphatic heterocycles. The van der Waals surface area contributed by atoms with Crippen LogP contribution >= 0.6 is 0 Å². The Morgan fingerprint density at radius 3 is 2.57 bits per heavy atom. The first kappa shape index (κ1) is 22.2. The number of aromatic nitrogens is 1. The molecule has 0 spiro atoms. The van der Waals surface area contributed by atoms with Crippen LogP contribution in [0.15, 0.2) is 30.5 Å². The molecule has 0 unspecified atom stereocenters. The summed E-state index contributed by atoms with van der Waals surface area (Å²) < 4.78 is 11.9. The van der Waals surface area contributed by atoms with Gasteiger partial charge in [0.05, 0.1) is 12.3 Å². The summed E-state index contributed by atoms with van der Waals surface area (Å²) >= 11 is 0. The molecule has 1 atom stereocenters. The van der Waals surface area contributed by atoms with Gasteiger partial charge in [0.2, 0.25) is 0 Å². The molecule has 1 aromatic carbocycles. The van der Waals surface area contributed by atoms with E-state index in [1.807, 2.05) is 38.1 Å². The second kappa shape index (κ2) is 9.87. The Kier molecular flexibility index (Phi) is 7.81. The van der Waals surface area contributed by atoms with E-state index in [1.165, 1.54) is 0 Å². The highest BCUT2D eigenvalue weighted by atomic mass is 16.5. The predicted octanol–water partition coefficient (Wildman–Crippen LogP) is 5.44. The van der Waals surface area contributed by atoms with Gasteiger partial charge in [0, 0.05) is 18.2 Å². The van der Waals surface area contributed by atoms with Gasteiger partial charge in [-0.1, -0.05) is 34.6 Å². The van der Waals surface area contributed by atoms with Crippen LogP contribution in [-0.4, -0.2) is 29.7 Å². The summed E-state index contributed by atoms with van der Waals surface area (Å²) in [5.74, 6) is 1.37. The van der Waals surface area contributed by atoms with E-state index in [0.29, 0.717) is 31.5 Å². The molecule has 154 valence electrons. The third-order valence-corrected chi connectivity index (χ3v) is 4.46. The highest BCUT2D eigenvalue weighted by molar-refractivity contribution is 6.05.